The normalized spacial score (nSPS) is 11.9. The van der Waals surface area contributed by atoms with E-state index in [0.717, 1.165) is 70.7 Å². The van der Waals surface area contributed by atoms with Crippen LogP contribution in [-0.4, -0.2) is 208 Å². The number of sulfonamides is 2. The van der Waals surface area contributed by atoms with E-state index in [0.29, 0.717) is 36.5 Å². The zero-order chi connectivity index (χ0) is 84.6. The SMILES string of the molecule is CN(C)c1c([N+](=O)[O-])cc(C(=O)NCCCCC(NC(=O)c2cc(B(O)O)cc([N+](=O)[O-])c2)C(=O)O)cc1[N+](=O)[O-].CN(C)c1cccc2c(S(=O)(=O)NCCCCC(NC(=O)c3ccc(O)c(O)c3)C(=O)O)cccc12.COC(=O)C(CCCCNS(=O)(=O)c1cccc2c(N(C)C)cccc12)NC(=O)c1ccc(O)c(O)c1. The summed E-state index contributed by atoms with van der Waals surface area (Å²) in [6.45, 7) is 0.191. The second-order valence-electron chi connectivity index (χ2n) is 26.0. The summed E-state index contributed by atoms with van der Waals surface area (Å²) in [4.78, 5) is 122. The van der Waals surface area contributed by atoms with Crippen LogP contribution >= 0.6 is 0 Å². The number of nitro groups is 3. The first kappa shape index (κ1) is 90.1. The van der Waals surface area contributed by atoms with Crippen molar-refractivity contribution in [2.24, 2.45) is 0 Å². The van der Waals surface area contributed by atoms with Crippen LogP contribution in [0.1, 0.15) is 99.2 Å². The van der Waals surface area contributed by atoms with Gasteiger partial charge >= 0.3 is 25.0 Å². The number of fused-ring (bicyclic) bond motifs is 2. The Morgan fingerprint density at radius 3 is 1.21 bits per heavy atom. The summed E-state index contributed by atoms with van der Waals surface area (Å²) < 4.78 is 62.0. The molecular formula is C73H85BN12O26S2. The van der Waals surface area contributed by atoms with Gasteiger partial charge in [-0.1, -0.05) is 48.5 Å². The highest BCUT2D eigenvalue weighted by atomic mass is 32.2. The number of carboxylic acids is 2. The number of anilines is 3. The number of carbonyl (C=O) groups is 7. The number of rotatable bonds is 36. The van der Waals surface area contributed by atoms with E-state index < -0.39 is 136 Å². The first-order valence-electron chi connectivity index (χ1n) is 34.6. The molecule has 0 saturated heterocycles. The summed E-state index contributed by atoms with van der Waals surface area (Å²) in [5, 5.41) is 122. The topological polar surface area (TPSA) is 570 Å². The zero-order valence-corrected chi connectivity index (χ0v) is 64.1. The maximum Gasteiger partial charge on any atom is 0.488 e. The number of nitrogens with zero attached hydrogens (tertiary/aromatic N) is 6. The molecule has 4 amide bonds. The molecule has 0 aliphatic rings. The standard InChI is InChI=1S/C26H31N3O7S.C25H29N3O7S.C22H25BN6O12/c1-29(2)21-11-6-9-19-18(21)8-7-12-24(19)37(34,35)27-15-5-4-10-20(26(33)36-3)28-25(32)17-13-14-22(30)23(31)16-17;1-28(2)20-10-5-8-18-17(20)7-6-11-23(18)36(34,35)26-14-4-3-9-19(25(32)33)27-24(31)16-12-13-21(29)22(30)15-16;1-26(2)19-17(28(38)39)9-13(10-18(19)29(40)41)20(30)24-6-4-3-5-16(22(32)33)25-21(31)12-7-14(23(34)35)11-15(8-12)27(36)37/h6-9,11-14,16,20,27,30-31H,4-5,10,15H2,1-3H3,(H,28,32);5-8,10-13,15,19,26,29-30H,3-4,9,14H2,1-2H3,(H,27,31)(H,32,33);7-11,16,34-35H,3-6H2,1-2H3,(H,24,30)(H,25,31)(H,32,33). The minimum Gasteiger partial charge on any atom is -0.504 e. The van der Waals surface area contributed by atoms with Crippen LogP contribution in [-0.2, 0) is 39.2 Å². The molecule has 14 N–H and O–H groups in total. The van der Waals surface area contributed by atoms with E-state index in [-0.39, 0.29) is 101 Å². The van der Waals surface area contributed by atoms with Gasteiger partial charge in [-0.05, 0) is 130 Å². The van der Waals surface area contributed by atoms with Crippen molar-refractivity contribution >= 4 is 130 Å². The lowest BCUT2D eigenvalue weighted by Crippen LogP contribution is -2.41. The van der Waals surface area contributed by atoms with E-state index in [1.807, 2.05) is 68.3 Å². The lowest BCUT2D eigenvalue weighted by molar-refractivity contribution is -0.392. The molecule has 3 atom stereocenters. The van der Waals surface area contributed by atoms with Crippen LogP contribution in [0, 0.1) is 30.3 Å². The van der Waals surface area contributed by atoms with Crippen molar-refractivity contribution in [2.45, 2.75) is 85.7 Å². The van der Waals surface area contributed by atoms with E-state index >= 15 is 0 Å². The van der Waals surface area contributed by atoms with Gasteiger partial charge in [-0.25, -0.2) is 40.7 Å². The largest absolute Gasteiger partial charge is 0.504 e. The third-order valence-corrected chi connectivity index (χ3v) is 20.3. The number of carbonyl (C=O) groups excluding carboxylic acids is 5. The summed E-state index contributed by atoms with van der Waals surface area (Å²) in [6, 6.07) is 29.1. The van der Waals surface area contributed by atoms with Crippen molar-refractivity contribution in [3.63, 3.8) is 0 Å². The number of ether oxygens (including phenoxy) is 1. The number of benzene rings is 8. The molecule has 8 rings (SSSR count). The Kier molecular flexibility index (Phi) is 32.3. The lowest BCUT2D eigenvalue weighted by atomic mass is 9.79. The highest BCUT2D eigenvalue weighted by Gasteiger charge is 2.32. The van der Waals surface area contributed by atoms with E-state index in [1.165, 1.54) is 44.3 Å². The van der Waals surface area contributed by atoms with Crippen molar-refractivity contribution in [2.75, 3.05) is 83.7 Å². The molecular weight excluding hydrogens is 1540 g/mol. The van der Waals surface area contributed by atoms with Crippen LogP contribution in [0.2, 0.25) is 0 Å². The van der Waals surface area contributed by atoms with Crippen LogP contribution in [0.5, 0.6) is 23.0 Å². The fourth-order valence-electron chi connectivity index (χ4n) is 11.5. The van der Waals surface area contributed by atoms with Gasteiger partial charge in [0.05, 0.1) is 37.2 Å². The van der Waals surface area contributed by atoms with Gasteiger partial charge in [-0.2, -0.15) is 0 Å². The van der Waals surface area contributed by atoms with Crippen LogP contribution in [0.3, 0.4) is 0 Å². The fourth-order valence-corrected chi connectivity index (χ4v) is 14.1. The van der Waals surface area contributed by atoms with Gasteiger partial charge in [0.1, 0.15) is 18.1 Å². The number of aliphatic carboxylic acids is 2. The number of nitro benzene ring substituents is 3. The van der Waals surface area contributed by atoms with Crippen LogP contribution in [0.15, 0.2) is 149 Å². The molecule has 0 heterocycles. The number of phenolic OH excluding ortho intramolecular Hbond substituents is 4. The Hall–Kier alpha value is -12.8. The van der Waals surface area contributed by atoms with Crippen molar-refractivity contribution in [3.8, 4) is 23.0 Å². The molecule has 38 nitrogen and oxygen atoms in total. The Morgan fingerprint density at radius 2 is 0.833 bits per heavy atom. The average Bonchev–Trinajstić information content (AvgIpc) is 0.786. The molecule has 0 spiro atoms. The maximum atomic E-state index is 13.0. The van der Waals surface area contributed by atoms with E-state index in [2.05, 4.69) is 30.7 Å². The monoisotopic (exact) mass is 1620 g/mol. The van der Waals surface area contributed by atoms with Gasteiger partial charge in [0, 0.05) is 136 Å². The Morgan fingerprint density at radius 1 is 0.447 bits per heavy atom. The summed E-state index contributed by atoms with van der Waals surface area (Å²) >= 11 is 0. The van der Waals surface area contributed by atoms with Crippen molar-refractivity contribution in [1.82, 2.24) is 30.7 Å². The Labute approximate surface area is 652 Å². The number of phenols is 4. The van der Waals surface area contributed by atoms with Gasteiger partial charge in [0.2, 0.25) is 20.0 Å². The third kappa shape index (κ3) is 24.6. The molecule has 0 fully saturated rings. The number of esters is 1. The molecule has 0 aromatic heterocycles. The van der Waals surface area contributed by atoms with Gasteiger partial charge in [-0.15, -0.1) is 0 Å². The average molecular weight is 1620 g/mol. The first-order chi connectivity index (χ1) is 53.7. The van der Waals surface area contributed by atoms with E-state index in [4.69, 9.17) is 4.74 Å². The highest BCUT2D eigenvalue weighted by Crippen LogP contribution is 2.38. The predicted octanol–water partition coefficient (Wildman–Crippen LogP) is 5.33. The van der Waals surface area contributed by atoms with Crippen LogP contribution in [0.25, 0.3) is 21.5 Å². The predicted molar refractivity (Wildman–Crippen MR) is 418 cm³/mol. The molecule has 0 aliphatic carbocycles. The smallest absolute Gasteiger partial charge is 0.488 e. The summed E-state index contributed by atoms with van der Waals surface area (Å²) in [7, 11) is 1.81. The molecule has 8 aromatic rings. The summed E-state index contributed by atoms with van der Waals surface area (Å²) in [5.74, 6) is -8.22. The van der Waals surface area contributed by atoms with Gasteiger partial charge in [0.15, 0.2) is 28.7 Å². The van der Waals surface area contributed by atoms with Crippen molar-refractivity contribution in [1.29, 1.82) is 0 Å². The Balaban J connectivity index is 0.000000267. The van der Waals surface area contributed by atoms with E-state index in [1.54, 1.807) is 42.5 Å². The molecule has 41 heteroatoms. The summed E-state index contributed by atoms with van der Waals surface area (Å²) in [5.41, 5.74) is -1.36. The quantitative estimate of drug-likeness (QED) is 0.00589. The molecule has 8 aromatic carbocycles. The van der Waals surface area contributed by atoms with Crippen molar-refractivity contribution < 1.29 is 111 Å². The molecule has 0 radical (unpaired) electrons. The van der Waals surface area contributed by atoms with Gasteiger partial charge < -0.3 is 81.4 Å². The maximum absolute atomic E-state index is 13.0. The number of nitrogens with one attached hydrogen (secondary N) is 6. The second kappa shape index (κ2) is 40.9. The van der Waals surface area contributed by atoms with Gasteiger partial charge in [0.25, 0.3) is 40.7 Å². The summed E-state index contributed by atoms with van der Waals surface area (Å²) in [6.07, 6.45) is 2.01. The Bertz CT molecular complexity index is 5120. The minimum absolute atomic E-state index is 0.00294. The number of hydrogen-bond acceptors (Lipinski definition) is 27. The minimum atomic E-state index is -3.81. The highest BCUT2D eigenvalue weighted by molar-refractivity contribution is 7.90. The third-order valence-electron chi connectivity index (χ3n) is 17.2. The molecule has 608 valence electrons. The molecule has 3 unspecified atom stereocenters. The second-order valence-corrected chi connectivity index (χ2v) is 29.5. The molecule has 0 saturated carbocycles. The number of carboxylic acid groups (broad SMARTS) is 2. The van der Waals surface area contributed by atoms with Gasteiger partial charge in [-0.3, -0.25) is 49.5 Å². The first-order valence-corrected chi connectivity index (χ1v) is 37.6. The number of non-ortho nitro benzene ring substituents is 1. The van der Waals surface area contributed by atoms with Crippen LogP contribution in [0.4, 0.5) is 34.1 Å². The number of aromatic hydroxyl groups is 4. The molecule has 0 bridgehead atoms. The lowest BCUT2D eigenvalue weighted by Gasteiger charge is -2.17. The molecule has 0 aliphatic heterocycles. The zero-order valence-electron chi connectivity index (χ0n) is 62.5. The van der Waals surface area contributed by atoms with E-state index in [9.17, 15) is 121 Å². The number of methoxy groups -OCH3 is 1. The number of unbranched alkanes of at least 4 members (excludes halogenated alkanes) is 3. The van der Waals surface area contributed by atoms with Crippen LogP contribution < -0.4 is 50.9 Å². The van der Waals surface area contributed by atoms with Crippen molar-refractivity contribution in [3.05, 3.63) is 192 Å². The fraction of sp³-hybridized carbons (Fsp3) is 0.301. The number of hydrogen-bond donors (Lipinski definition) is 14. The number of amides is 4. The molecule has 114 heavy (non-hydrogen) atoms.